The van der Waals surface area contributed by atoms with Gasteiger partial charge in [0.1, 0.15) is 5.82 Å². The molecular formula is C11H11FN2S2. The summed E-state index contributed by atoms with van der Waals surface area (Å²) in [6, 6.07) is 5.14. The van der Waals surface area contributed by atoms with Gasteiger partial charge in [-0.15, -0.1) is 11.3 Å². The zero-order chi connectivity index (χ0) is 11.4. The van der Waals surface area contributed by atoms with Gasteiger partial charge in [-0.3, -0.25) is 0 Å². The van der Waals surface area contributed by atoms with Crippen molar-refractivity contribution >= 4 is 23.1 Å². The van der Waals surface area contributed by atoms with Gasteiger partial charge in [-0.25, -0.2) is 9.37 Å². The predicted octanol–water partition coefficient (Wildman–Crippen LogP) is 3.15. The first-order chi connectivity index (χ1) is 7.81. The molecule has 1 aromatic carbocycles. The quantitative estimate of drug-likeness (QED) is 0.907. The Morgan fingerprint density at radius 2 is 2.38 bits per heavy atom. The molecule has 0 amide bonds. The fourth-order valence-electron chi connectivity index (χ4n) is 1.35. The molecule has 1 aromatic heterocycles. The zero-order valence-corrected chi connectivity index (χ0v) is 10.4. The molecular weight excluding hydrogens is 243 g/mol. The summed E-state index contributed by atoms with van der Waals surface area (Å²) < 4.78 is 14.6. The van der Waals surface area contributed by atoms with Crippen LogP contribution in [0.2, 0.25) is 0 Å². The standard InChI is InChI=1S/C11H11FN2S2/c1-13-7-8-3-2-4-9(12)10(8)16-11-14-5-6-15-11/h2-6,13H,7H2,1H3. The van der Waals surface area contributed by atoms with Crippen molar-refractivity contribution in [2.24, 2.45) is 0 Å². The first-order valence-electron chi connectivity index (χ1n) is 4.80. The van der Waals surface area contributed by atoms with Crippen molar-refractivity contribution in [3.63, 3.8) is 0 Å². The summed E-state index contributed by atoms with van der Waals surface area (Å²) in [7, 11) is 1.85. The lowest BCUT2D eigenvalue weighted by Gasteiger charge is -2.07. The van der Waals surface area contributed by atoms with E-state index < -0.39 is 0 Å². The summed E-state index contributed by atoms with van der Waals surface area (Å²) in [5.41, 5.74) is 0.961. The van der Waals surface area contributed by atoms with Crippen LogP contribution < -0.4 is 5.32 Å². The van der Waals surface area contributed by atoms with Crippen molar-refractivity contribution in [2.75, 3.05) is 7.05 Å². The first kappa shape index (κ1) is 11.6. The largest absolute Gasteiger partial charge is 0.316 e. The highest BCUT2D eigenvalue weighted by molar-refractivity contribution is 8.01. The second-order valence-corrected chi connectivity index (χ2v) is 5.31. The Kier molecular flexibility index (Phi) is 3.93. The molecule has 84 valence electrons. The molecule has 0 unspecified atom stereocenters. The third kappa shape index (κ3) is 2.61. The van der Waals surface area contributed by atoms with Crippen LogP contribution in [0.25, 0.3) is 0 Å². The minimum Gasteiger partial charge on any atom is -0.316 e. The van der Waals surface area contributed by atoms with Crippen molar-refractivity contribution < 1.29 is 4.39 Å². The summed E-state index contributed by atoms with van der Waals surface area (Å²) in [5.74, 6) is -0.187. The number of nitrogens with one attached hydrogen (secondary N) is 1. The molecule has 5 heteroatoms. The van der Waals surface area contributed by atoms with E-state index in [2.05, 4.69) is 10.3 Å². The highest BCUT2D eigenvalue weighted by Gasteiger charge is 2.10. The molecule has 1 N–H and O–H groups in total. The number of thiazole rings is 1. The van der Waals surface area contributed by atoms with Crippen LogP contribution in [0.5, 0.6) is 0 Å². The maximum atomic E-state index is 13.7. The molecule has 0 bridgehead atoms. The van der Waals surface area contributed by atoms with E-state index in [9.17, 15) is 4.39 Å². The van der Waals surface area contributed by atoms with Crippen molar-refractivity contribution in [3.8, 4) is 0 Å². The normalized spacial score (nSPS) is 10.6. The van der Waals surface area contributed by atoms with Gasteiger partial charge in [0.05, 0.1) is 4.90 Å². The highest BCUT2D eigenvalue weighted by atomic mass is 32.2. The van der Waals surface area contributed by atoms with Crippen molar-refractivity contribution in [3.05, 3.63) is 41.2 Å². The fourth-order valence-corrected chi connectivity index (χ4v) is 3.04. The summed E-state index contributed by atoms with van der Waals surface area (Å²) in [6.45, 7) is 0.658. The van der Waals surface area contributed by atoms with E-state index in [1.165, 1.54) is 29.2 Å². The molecule has 0 fully saturated rings. The van der Waals surface area contributed by atoms with Crippen molar-refractivity contribution in [1.82, 2.24) is 10.3 Å². The predicted molar refractivity (Wildman–Crippen MR) is 65.4 cm³/mol. The molecule has 16 heavy (non-hydrogen) atoms. The van der Waals surface area contributed by atoms with Crippen LogP contribution in [0.1, 0.15) is 5.56 Å². The number of rotatable bonds is 4. The molecule has 0 aliphatic heterocycles. The van der Waals surface area contributed by atoms with Crippen LogP contribution >= 0.6 is 23.1 Å². The minimum atomic E-state index is -0.187. The topological polar surface area (TPSA) is 24.9 Å². The lowest BCUT2D eigenvalue weighted by atomic mass is 10.2. The zero-order valence-electron chi connectivity index (χ0n) is 8.74. The van der Waals surface area contributed by atoms with Crippen LogP contribution in [0, 0.1) is 5.82 Å². The van der Waals surface area contributed by atoms with E-state index in [1.807, 2.05) is 18.5 Å². The molecule has 0 spiro atoms. The number of halogens is 1. The summed E-state index contributed by atoms with van der Waals surface area (Å²) in [6.07, 6.45) is 1.73. The molecule has 0 atom stereocenters. The lowest BCUT2D eigenvalue weighted by molar-refractivity contribution is 0.594. The van der Waals surface area contributed by atoms with Crippen LogP contribution in [0.4, 0.5) is 4.39 Å². The molecule has 0 saturated carbocycles. The highest BCUT2D eigenvalue weighted by Crippen LogP contribution is 2.33. The maximum absolute atomic E-state index is 13.7. The number of hydrogen-bond acceptors (Lipinski definition) is 4. The Morgan fingerprint density at radius 1 is 1.50 bits per heavy atom. The molecule has 2 nitrogen and oxygen atoms in total. The molecule has 0 aliphatic rings. The molecule has 2 rings (SSSR count). The Morgan fingerprint density at radius 3 is 3.06 bits per heavy atom. The minimum absolute atomic E-state index is 0.187. The van der Waals surface area contributed by atoms with Gasteiger partial charge in [0, 0.05) is 18.1 Å². The van der Waals surface area contributed by atoms with Gasteiger partial charge in [-0.05, 0) is 18.7 Å². The molecule has 0 radical (unpaired) electrons. The van der Waals surface area contributed by atoms with Gasteiger partial charge in [-0.2, -0.15) is 0 Å². The van der Waals surface area contributed by atoms with Gasteiger partial charge >= 0.3 is 0 Å². The van der Waals surface area contributed by atoms with Gasteiger partial charge in [-0.1, -0.05) is 23.9 Å². The van der Waals surface area contributed by atoms with E-state index in [0.29, 0.717) is 11.4 Å². The van der Waals surface area contributed by atoms with Crippen LogP contribution in [0.15, 0.2) is 39.0 Å². The summed E-state index contributed by atoms with van der Waals surface area (Å²) >= 11 is 2.90. The van der Waals surface area contributed by atoms with E-state index in [4.69, 9.17) is 0 Å². The van der Waals surface area contributed by atoms with E-state index in [1.54, 1.807) is 12.3 Å². The Balaban J connectivity index is 2.30. The van der Waals surface area contributed by atoms with Crippen LogP contribution in [-0.4, -0.2) is 12.0 Å². The second-order valence-electron chi connectivity index (χ2n) is 3.16. The lowest BCUT2D eigenvalue weighted by Crippen LogP contribution is -2.06. The first-order valence-corrected chi connectivity index (χ1v) is 6.50. The Bertz CT molecular complexity index is 457. The molecule has 0 saturated heterocycles. The van der Waals surface area contributed by atoms with Gasteiger partial charge in [0.15, 0.2) is 4.34 Å². The van der Waals surface area contributed by atoms with Gasteiger partial charge in [0.25, 0.3) is 0 Å². The van der Waals surface area contributed by atoms with Crippen LogP contribution in [-0.2, 0) is 6.54 Å². The Hall–Kier alpha value is -0.910. The third-order valence-corrected chi connectivity index (χ3v) is 4.06. The van der Waals surface area contributed by atoms with Crippen LogP contribution in [0.3, 0.4) is 0 Å². The average Bonchev–Trinajstić information content (AvgIpc) is 2.76. The van der Waals surface area contributed by atoms with E-state index in [-0.39, 0.29) is 5.82 Å². The number of benzene rings is 1. The molecule has 0 aliphatic carbocycles. The van der Waals surface area contributed by atoms with E-state index >= 15 is 0 Å². The maximum Gasteiger partial charge on any atom is 0.154 e. The smallest absolute Gasteiger partial charge is 0.154 e. The Labute approximate surface area is 102 Å². The fraction of sp³-hybridized carbons (Fsp3) is 0.182. The van der Waals surface area contributed by atoms with E-state index in [0.717, 1.165) is 9.90 Å². The number of aromatic nitrogens is 1. The van der Waals surface area contributed by atoms with Gasteiger partial charge < -0.3 is 5.32 Å². The van der Waals surface area contributed by atoms with Crippen molar-refractivity contribution in [1.29, 1.82) is 0 Å². The summed E-state index contributed by atoms with van der Waals surface area (Å²) in [4.78, 5) is 4.81. The SMILES string of the molecule is CNCc1cccc(F)c1Sc1nccs1. The second kappa shape index (κ2) is 5.43. The average molecular weight is 254 g/mol. The third-order valence-electron chi connectivity index (χ3n) is 2.01. The monoisotopic (exact) mass is 254 g/mol. The van der Waals surface area contributed by atoms with Crippen molar-refractivity contribution in [2.45, 2.75) is 15.8 Å². The summed E-state index contributed by atoms with van der Waals surface area (Å²) in [5, 5.41) is 4.92. The molecule has 2 aromatic rings. The van der Waals surface area contributed by atoms with Gasteiger partial charge in [0.2, 0.25) is 0 Å². The molecule has 1 heterocycles. The number of hydrogen-bond donors (Lipinski definition) is 1. The number of nitrogens with zero attached hydrogens (tertiary/aromatic N) is 1.